The second kappa shape index (κ2) is 10.7. The Balaban J connectivity index is 1.78. The van der Waals surface area contributed by atoms with Gasteiger partial charge in [0.15, 0.2) is 0 Å². The Kier molecular flexibility index (Phi) is 7.51. The van der Waals surface area contributed by atoms with Gasteiger partial charge in [0.1, 0.15) is 11.6 Å². The van der Waals surface area contributed by atoms with Gasteiger partial charge in [0, 0.05) is 17.1 Å². The number of halogens is 2. The lowest BCUT2D eigenvalue weighted by Gasteiger charge is -2.25. The zero-order valence-corrected chi connectivity index (χ0v) is 20.7. The van der Waals surface area contributed by atoms with Crippen LogP contribution in [0.2, 0.25) is 5.02 Å². The summed E-state index contributed by atoms with van der Waals surface area (Å²) in [5.74, 6) is 0.645. The van der Waals surface area contributed by atoms with E-state index in [9.17, 15) is 9.18 Å². The molecule has 0 bridgehead atoms. The molecule has 0 radical (unpaired) electrons. The van der Waals surface area contributed by atoms with Crippen LogP contribution >= 0.6 is 11.6 Å². The van der Waals surface area contributed by atoms with E-state index in [2.05, 4.69) is 0 Å². The predicted molar refractivity (Wildman–Crippen MR) is 136 cm³/mol. The van der Waals surface area contributed by atoms with Gasteiger partial charge in [0.05, 0.1) is 23.5 Å². The van der Waals surface area contributed by atoms with E-state index < -0.39 is 5.82 Å². The second-order valence-electron chi connectivity index (χ2n) is 8.77. The standard InChI is InChI=1S/C28H27ClFN3O2/c1-19(2)17-32(27(34)21-9-7-11-23(30)15-21)18-26-20(3)31-33(24-12-8-10-22(29)16-24)28(26)35-25-13-5-4-6-14-25/h4-16,19H,17-18H2,1-3H3. The molecule has 1 amide bonds. The van der Waals surface area contributed by atoms with Gasteiger partial charge < -0.3 is 9.64 Å². The Labute approximate surface area is 209 Å². The van der Waals surface area contributed by atoms with Crippen LogP contribution in [0.15, 0.2) is 78.9 Å². The first-order chi connectivity index (χ1) is 16.8. The minimum atomic E-state index is -0.446. The van der Waals surface area contributed by atoms with E-state index in [4.69, 9.17) is 21.4 Å². The van der Waals surface area contributed by atoms with Crippen molar-refractivity contribution in [2.45, 2.75) is 27.3 Å². The monoisotopic (exact) mass is 491 g/mol. The highest BCUT2D eigenvalue weighted by Crippen LogP contribution is 2.32. The maximum absolute atomic E-state index is 13.9. The van der Waals surface area contributed by atoms with Gasteiger partial charge in [-0.1, -0.05) is 55.8 Å². The van der Waals surface area contributed by atoms with Crippen molar-refractivity contribution in [2.75, 3.05) is 6.54 Å². The lowest BCUT2D eigenvalue weighted by Crippen LogP contribution is -2.34. The normalized spacial score (nSPS) is 11.0. The fraction of sp³-hybridized carbons (Fsp3) is 0.214. The quantitative estimate of drug-likeness (QED) is 0.265. The van der Waals surface area contributed by atoms with E-state index in [0.717, 1.165) is 16.9 Å². The highest BCUT2D eigenvalue weighted by atomic mass is 35.5. The topological polar surface area (TPSA) is 47.4 Å². The zero-order chi connectivity index (χ0) is 24.9. The number of nitrogens with zero attached hydrogens (tertiary/aromatic N) is 3. The molecule has 1 heterocycles. The Bertz CT molecular complexity index is 1320. The van der Waals surface area contributed by atoms with Crippen molar-refractivity contribution < 1.29 is 13.9 Å². The van der Waals surface area contributed by atoms with Crippen molar-refractivity contribution >= 4 is 17.5 Å². The Morgan fingerprint density at radius 3 is 2.49 bits per heavy atom. The van der Waals surface area contributed by atoms with Crippen LogP contribution < -0.4 is 4.74 Å². The summed E-state index contributed by atoms with van der Waals surface area (Å²) in [7, 11) is 0. The summed E-state index contributed by atoms with van der Waals surface area (Å²) >= 11 is 6.25. The highest BCUT2D eigenvalue weighted by molar-refractivity contribution is 6.30. The lowest BCUT2D eigenvalue weighted by atomic mass is 10.1. The second-order valence-corrected chi connectivity index (χ2v) is 9.20. The van der Waals surface area contributed by atoms with Crippen LogP contribution in [0.4, 0.5) is 4.39 Å². The van der Waals surface area contributed by atoms with E-state index >= 15 is 0 Å². The van der Waals surface area contributed by atoms with E-state index in [-0.39, 0.29) is 18.4 Å². The Morgan fingerprint density at radius 2 is 1.80 bits per heavy atom. The number of carbonyl (C=O) groups is 1. The molecule has 0 aliphatic rings. The molecule has 180 valence electrons. The van der Waals surface area contributed by atoms with Gasteiger partial charge in [-0.2, -0.15) is 5.10 Å². The molecule has 0 N–H and O–H groups in total. The molecule has 5 nitrogen and oxygen atoms in total. The van der Waals surface area contributed by atoms with Gasteiger partial charge in [-0.25, -0.2) is 9.07 Å². The van der Waals surface area contributed by atoms with Gasteiger partial charge in [-0.15, -0.1) is 0 Å². The third kappa shape index (κ3) is 5.89. The summed E-state index contributed by atoms with van der Waals surface area (Å²) in [4.78, 5) is 15.1. The van der Waals surface area contributed by atoms with Crippen molar-refractivity contribution in [1.29, 1.82) is 0 Å². The number of ether oxygens (including phenoxy) is 1. The Hall–Kier alpha value is -3.64. The molecule has 0 saturated carbocycles. The Morgan fingerprint density at radius 1 is 1.06 bits per heavy atom. The smallest absolute Gasteiger partial charge is 0.254 e. The number of carbonyl (C=O) groups excluding carboxylic acids is 1. The molecule has 4 rings (SSSR count). The largest absolute Gasteiger partial charge is 0.439 e. The molecule has 0 unspecified atom stereocenters. The molecule has 0 saturated heterocycles. The number of aromatic nitrogens is 2. The summed E-state index contributed by atoms with van der Waals surface area (Å²) in [5, 5.41) is 5.31. The fourth-order valence-corrected chi connectivity index (χ4v) is 4.05. The third-order valence-corrected chi connectivity index (χ3v) is 5.68. The number of benzene rings is 3. The average Bonchev–Trinajstić information content (AvgIpc) is 3.13. The number of amides is 1. The molecule has 0 aliphatic carbocycles. The summed E-state index contributed by atoms with van der Waals surface area (Å²) in [6.07, 6.45) is 0. The SMILES string of the molecule is Cc1nn(-c2cccc(Cl)c2)c(Oc2ccccc2)c1CN(CC(C)C)C(=O)c1cccc(F)c1. The maximum atomic E-state index is 13.9. The van der Waals surface area contributed by atoms with Crippen LogP contribution in [-0.2, 0) is 6.54 Å². The summed E-state index contributed by atoms with van der Waals surface area (Å²) in [5.41, 5.74) is 2.52. The molecular formula is C28H27ClFN3O2. The van der Waals surface area contributed by atoms with Gasteiger partial charge in [0.25, 0.3) is 5.91 Å². The molecule has 0 aliphatic heterocycles. The number of rotatable bonds is 8. The fourth-order valence-electron chi connectivity index (χ4n) is 3.86. The van der Waals surface area contributed by atoms with Crippen LogP contribution in [0.5, 0.6) is 11.6 Å². The molecular weight excluding hydrogens is 465 g/mol. The van der Waals surface area contributed by atoms with Crippen molar-refractivity contribution in [1.82, 2.24) is 14.7 Å². The predicted octanol–water partition coefficient (Wildman–Crippen LogP) is 7.06. The molecule has 35 heavy (non-hydrogen) atoms. The maximum Gasteiger partial charge on any atom is 0.254 e. The van der Waals surface area contributed by atoms with Crippen molar-refractivity contribution in [2.24, 2.45) is 5.92 Å². The molecule has 1 aromatic heterocycles. The van der Waals surface area contributed by atoms with Crippen molar-refractivity contribution in [3.8, 4) is 17.3 Å². The molecule has 4 aromatic rings. The highest BCUT2D eigenvalue weighted by Gasteiger charge is 2.25. The zero-order valence-electron chi connectivity index (χ0n) is 19.9. The number of para-hydroxylation sites is 1. The van der Waals surface area contributed by atoms with Gasteiger partial charge in [-0.05, 0) is 61.4 Å². The van der Waals surface area contributed by atoms with E-state index in [1.807, 2.05) is 63.2 Å². The van der Waals surface area contributed by atoms with E-state index in [1.165, 1.54) is 12.1 Å². The summed E-state index contributed by atoms with van der Waals surface area (Å²) < 4.78 is 21.9. The molecule has 0 atom stereocenters. The van der Waals surface area contributed by atoms with Crippen LogP contribution in [0, 0.1) is 18.7 Å². The molecule has 7 heteroatoms. The lowest BCUT2D eigenvalue weighted by molar-refractivity contribution is 0.0721. The minimum Gasteiger partial charge on any atom is -0.439 e. The van der Waals surface area contributed by atoms with Crippen LogP contribution in [0.25, 0.3) is 5.69 Å². The van der Waals surface area contributed by atoms with E-state index in [0.29, 0.717) is 28.8 Å². The van der Waals surface area contributed by atoms with Crippen molar-refractivity contribution in [3.05, 3.63) is 107 Å². The third-order valence-electron chi connectivity index (χ3n) is 5.44. The average molecular weight is 492 g/mol. The minimum absolute atomic E-state index is 0.203. The molecule has 0 fully saturated rings. The number of hydrogen-bond donors (Lipinski definition) is 0. The summed E-state index contributed by atoms with van der Waals surface area (Å²) in [6, 6.07) is 22.5. The van der Waals surface area contributed by atoms with Gasteiger partial charge >= 0.3 is 0 Å². The first kappa shape index (κ1) is 24.5. The van der Waals surface area contributed by atoms with E-state index in [1.54, 1.807) is 33.8 Å². The van der Waals surface area contributed by atoms with Crippen LogP contribution in [0.3, 0.4) is 0 Å². The van der Waals surface area contributed by atoms with Crippen LogP contribution in [0.1, 0.15) is 35.5 Å². The van der Waals surface area contributed by atoms with Gasteiger partial charge in [0.2, 0.25) is 5.88 Å². The van der Waals surface area contributed by atoms with Gasteiger partial charge in [-0.3, -0.25) is 4.79 Å². The molecule has 0 spiro atoms. The number of aryl methyl sites for hydroxylation is 1. The summed E-state index contributed by atoms with van der Waals surface area (Å²) in [6.45, 7) is 6.70. The number of hydrogen-bond acceptors (Lipinski definition) is 3. The first-order valence-electron chi connectivity index (χ1n) is 11.4. The van der Waals surface area contributed by atoms with Crippen LogP contribution in [-0.4, -0.2) is 27.1 Å². The van der Waals surface area contributed by atoms with Crippen molar-refractivity contribution in [3.63, 3.8) is 0 Å². The molecule has 3 aromatic carbocycles. The first-order valence-corrected chi connectivity index (χ1v) is 11.8.